The van der Waals surface area contributed by atoms with Gasteiger partial charge in [0, 0.05) is 19.7 Å². The van der Waals surface area contributed by atoms with Crippen LogP contribution in [0.2, 0.25) is 0 Å². The fourth-order valence-electron chi connectivity index (χ4n) is 2.48. The molecule has 126 valence electrons. The van der Waals surface area contributed by atoms with Crippen molar-refractivity contribution in [3.05, 3.63) is 0 Å². The van der Waals surface area contributed by atoms with Gasteiger partial charge in [-0.2, -0.15) is 0 Å². The largest absolute Gasteiger partial charge is 0.382 e. The van der Waals surface area contributed by atoms with Gasteiger partial charge in [0.05, 0.1) is 46.2 Å². The van der Waals surface area contributed by atoms with E-state index in [-0.39, 0.29) is 0 Å². The monoisotopic (exact) mass is 303 g/mol. The van der Waals surface area contributed by atoms with E-state index in [4.69, 9.17) is 18.9 Å². The summed E-state index contributed by atoms with van der Waals surface area (Å²) in [5.41, 5.74) is 0. The minimum absolute atomic E-state index is 0.616. The van der Waals surface area contributed by atoms with Crippen LogP contribution < -0.4 is 5.32 Å². The van der Waals surface area contributed by atoms with Crippen LogP contribution >= 0.6 is 0 Å². The highest BCUT2D eigenvalue weighted by Gasteiger charge is 2.16. The lowest BCUT2D eigenvalue weighted by atomic mass is 9.87. The minimum atomic E-state index is 0.616. The molecule has 5 nitrogen and oxygen atoms in total. The van der Waals surface area contributed by atoms with Crippen molar-refractivity contribution in [1.82, 2.24) is 5.32 Å². The Kier molecular flexibility index (Phi) is 12.1. The highest BCUT2D eigenvalue weighted by Crippen LogP contribution is 2.23. The molecule has 0 saturated heterocycles. The molecular weight excluding hydrogens is 270 g/mol. The van der Waals surface area contributed by atoms with Gasteiger partial charge in [-0.1, -0.05) is 6.92 Å². The fourth-order valence-corrected chi connectivity index (χ4v) is 2.48. The van der Waals surface area contributed by atoms with E-state index >= 15 is 0 Å². The van der Waals surface area contributed by atoms with E-state index in [1.165, 1.54) is 25.7 Å². The molecule has 0 bridgehead atoms. The molecular formula is C16H33NO4. The van der Waals surface area contributed by atoms with E-state index < -0.39 is 0 Å². The first-order valence-electron chi connectivity index (χ1n) is 8.28. The average molecular weight is 303 g/mol. The molecule has 1 aliphatic rings. The van der Waals surface area contributed by atoms with Gasteiger partial charge in [0.15, 0.2) is 0 Å². The van der Waals surface area contributed by atoms with Gasteiger partial charge in [-0.25, -0.2) is 0 Å². The quantitative estimate of drug-likeness (QED) is 0.526. The number of methoxy groups -OCH3 is 1. The molecule has 1 N–H and O–H groups in total. The summed E-state index contributed by atoms with van der Waals surface area (Å²) in [7, 11) is 1.67. The van der Waals surface area contributed by atoms with Gasteiger partial charge < -0.3 is 24.3 Å². The number of ether oxygens (including phenoxy) is 4. The molecule has 0 amide bonds. The van der Waals surface area contributed by atoms with E-state index in [0.717, 1.165) is 19.1 Å². The van der Waals surface area contributed by atoms with Gasteiger partial charge >= 0.3 is 0 Å². The van der Waals surface area contributed by atoms with Crippen molar-refractivity contribution in [3.8, 4) is 0 Å². The third-order valence-corrected chi connectivity index (χ3v) is 3.87. The molecule has 1 rings (SSSR count). The Balaban J connectivity index is 1.73. The Hall–Kier alpha value is -0.200. The SMILES string of the molecule is COCCOCCOCCOCCNC1CCC(C)CC1. The fraction of sp³-hybridized carbons (Fsp3) is 1.00. The summed E-state index contributed by atoms with van der Waals surface area (Å²) in [6, 6.07) is 0.699. The maximum Gasteiger partial charge on any atom is 0.0701 e. The van der Waals surface area contributed by atoms with Gasteiger partial charge in [-0.3, -0.25) is 0 Å². The topological polar surface area (TPSA) is 49.0 Å². The molecule has 0 radical (unpaired) electrons. The van der Waals surface area contributed by atoms with Crippen molar-refractivity contribution in [1.29, 1.82) is 0 Å². The third-order valence-electron chi connectivity index (χ3n) is 3.87. The van der Waals surface area contributed by atoms with Crippen LogP contribution in [0.25, 0.3) is 0 Å². The minimum Gasteiger partial charge on any atom is -0.382 e. The molecule has 0 spiro atoms. The van der Waals surface area contributed by atoms with Gasteiger partial charge in [0.2, 0.25) is 0 Å². The van der Waals surface area contributed by atoms with Crippen molar-refractivity contribution in [2.75, 3.05) is 59.9 Å². The molecule has 0 aromatic rings. The van der Waals surface area contributed by atoms with Crippen LogP contribution in [0.1, 0.15) is 32.6 Å². The van der Waals surface area contributed by atoms with Gasteiger partial charge in [0.25, 0.3) is 0 Å². The number of hydrogen-bond donors (Lipinski definition) is 1. The van der Waals surface area contributed by atoms with Crippen molar-refractivity contribution in [2.24, 2.45) is 5.92 Å². The Labute approximate surface area is 129 Å². The average Bonchev–Trinajstić information content (AvgIpc) is 2.50. The third kappa shape index (κ3) is 11.1. The van der Waals surface area contributed by atoms with Crippen LogP contribution in [0.4, 0.5) is 0 Å². The molecule has 1 saturated carbocycles. The summed E-state index contributed by atoms with van der Waals surface area (Å²) in [5, 5.41) is 3.58. The van der Waals surface area contributed by atoms with E-state index in [1.807, 2.05) is 0 Å². The second-order valence-corrected chi connectivity index (χ2v) is 5.74. The maximum atomic E-state index is 5.54. The number of nitrogens with one attached hydrogen (secondary N) is 1. The first kappa shape index (κ1) is 18.8. The smallest absolute Gasteiger partial charge is 0.0701 e. The Bertz CT molecular complexity index is 220. The van der Waals surface area contributed by atoms with Gasteiger partial charge in [0.1, 0.15) is 0 Å². The summed E-state index contributed by atoms with van der Waals surface area (Å²) in [5.74, 6) is 0.912. The number of hydrogen-bond acceptors (Lipinski definition) is 5. The van der Waals surface area contributed by atoms with Gasteiger partial charge in [-0.15, -0.1) is 0 Å². The highest BCUT2D eigenvalue weighted by molar-refractivity contribution is 4.74. The van der Waals surface area contributed by atoms with Crippen LogP contribution in [-0.2, 0) is 18.9 Å². The van der Waals surface area contributed by atoms with Crippen molar-refractivity contribution in [3.63, 3.8) is 0 Å². The van der Waals surface area contributed by atoms with Crippen molar-refractivity contribution < 1.29 is 18.9 Å². The molecule has 0 aliphatic heterocycles. The molecule has 1 fully saturated rings. The standard InChI is InChI=1S/C16H33NO4/c1-15-3-5-16(6-4-15)17-7-8-19-11-12-21-14-13-20-10-9-18-2/h15-17H,3-14H2,1-2H3. The molecule has 0 aromatic carbocycles. The first-order valence-corrected chi connectivity index (χ1v) is 8.28. The summed E-state index contributed by atoms with van der Waals surface area (Å²) in [6.07, 6.45) is 5.35. The van der Waals surface area contributed by atoms with Crippen molar-refractivity contribution >= 4 is 0 Å². The van der Waals surface area contributed by atoms with E-state index in [9.17, 15) is 0 Å². The van der Waals surface area contributed by atoms with E-state index in [0.29, 0.717) is 45.7 Å². The molecule has 0 unspecified atom stereocenters. The second-order valence-electron chi connectivity index (χ2n) is 5.74. The van der Waals surface area contributed by atoms with Crippen LogP contribution in [0.5, 0.6) is 0 Å². The molecule has 5 heteroatoms. The first-order chi connectivity index (χ1) is 10.3. The lowest BCUT2D eigenvalue weighted by molar-refractivity contribution is 0.00382. The molecule has 21 heavy (non-hydrogen) atoms. The van der Waals surface area contributed by atoms with Crippen LogP contribution in [0.3, 0.4) is 0 Å². The summed E-state index contributed by atoms with van der Waals surface area (Å²) in [6.45, 7) is 7.84. The molecule has 0 aromatic heterocycles. The second kappa shape index (κ2) is 13.5. The number of rotatable bonds is 13. The molecule has 0 atom stereocenters. The van der Waals surface area contributed by atoms with Crippen LogP contribution in [0, 0.1) is 5.92 Å². The van der Waals surface area contributed by atoms with Crippen molar-refractivity contribution in [2.45, 2.75) is 38.6 Å². The summed E-state index contributed by atoms with van der Waals surface area (Å²) < 4.78 is 21.1. The zero-order valence-electron chi connectivity index (χ0n) is 13.8. The van der Waals surface area contributed by atoms with Gasteiger partial charge in [-0.05, 0) is 31.6 Å². The zero-order chi connectivity index (χ0) is 15.2. The maximum absolute atomic E-state index is 5.54. The predicted octanol–water partition coefficient (Wildman–Crippen LogP) is 1.85. The molecule has 1 aliphatic carbocycles. The lowest BCUT2D eigenvalue weighted by Crippen LogP contribution is -2.35. The lowest BCUT2D eigenvalue weighted by Gasteiger charge is -2.26. The Morgan fingerprint density at radius 2 is 1.29 bits per heavy atom. The predicted molar refractivity (Wildman–Crippen MR) is 83.8 cm³/mol. The zero-order valence-corrected chi connectivity index (χ0v) is 13.8. The van der Waals surface area contributed by atoms with Crippen LogP contribution in [0.15, 0.2) is 0 Å². The van der Waals surface area contributed by atoms with Crippen LogP contribution in [-0.4, -0.2) is 65.9 Å². The normalized spacial score (nSPS) is 22.6. The summed E-state index contributed by atoms with van der Waals surface area (Å²) in [4.78, 5) is 0. The van der Waals surface area contributed by atoms with E-state index in [2.05, 4.69) is 12.2 Å². The Morgan fingerprint density at radius 3 is 1.86 bits per heavy atom. The highest BCUT2D eigenvalue weighted by atomic mass is 16.6. The Morgan fingerprint density at radius 1 is 0.762 bits per heavy atom. The van der Waals surface area contributed by atoms with E-state index in [1.54, 1.807) is 7.11 Å². The summed E-state index contributed by atoms with van der Waals surface area (Å²) >= 11 is 0. The molecule has 0 heterocycles.